The number of nitrogens with one attached hydrogen (secondary N) is 1. The number of aromatic nitrogens is 1. The molecule has 0 spiro atoms. The topological polar surface area (TPSA) is 81.2 Å². The molecule has 6 nitrogen and oxygen atoms in total. The molecule has 1 N–H and O–H groups in total. The van der Waals surface area contributed by atoms with Crippen molar-refractivity contribution in [2.24, 2.45) is 0 Å². The molecular weight excluding hydrogens is 270 g/mol. The Morgan fingerprint density at radius 2 is 2.26 bits per heavy atom. The van der Waals surface area contributed by atoms with Gasteiger partial charge in [0.1, 0.15) is 11.5 Å². The van der Waals surface area contributed by atoms with E-state index in [-0.39, 0.29) is 22.6 Å². The van der Waals surface area contributed by atoms with E-state index in [0.717, 1.165) is 5.76 Å². The van der Waals surface area contributed by atoms with Crippen molar-refractivity contribution in [1.29, 1.82) is 0 Å². The summed E-state index contributed by atoms with van der Waals surface area (Å²) in [6.45, 7) is 3.66. The molecule has 0 fully saturated rings. The van der Waals surface area contributed by atoms with Gasteiger partial charge in [0.05, 0.1) is 16.0 Å². The number of hydrogen-bond acceptors (Lipinski definition) is 5. The average Bonchev–Trinajstić information content (AvgIpc) is 2.78. The quantitative estimate of drug-likeness (QED) is 0.682. The van der Waals surface area contributed by atoms with E-state index in [1.807, 2.05) is 26.0 Å². The molecular formula is C12H12ClN3O3. The van der Waals surface area contributed by atoms with Gasteiger partial charge in [-0.3, -0.25) is 10.1 Å². The van der Waals surface area contributed by atoms with E-state index in [1.54, 1.807) is 0 Å². The van der Waals surface area contributed by atoms with Crippen molar-refractivity contribution in [3.63, 3.8) is 0 Å². The third-order valence-electron chi connectivity index (χ3n) is 2.57. The van der Waals surface area contributed by atoms with Crippen LogP contribution >= 0.6 is 11.6 Å². The molecule has 0 aliphatic rings. The van der Waals surface area contributed by atoms with E-state index >= 15 is 0 Å². The molecule has 2 aromatic heterocycles. The van der Waals surface area contributed by atoms with Gasteiger partial charge < -0.3 is 9.73 Å². The first-order valence-electron chi connectivity index (χ1n) is 5.60. The molecule has 19 heavy (non-hydrogen) atoms. The van der Waals surface area contributed by atoms with Crippen molar-refractivity contribution in [2.75, 3.05) is 5.32 Å². The summed E-state index contributed by atoms with van der Waals surface area (Å²) in [5.74, 6) is 1.63. The van der Waals surface area contributed by atoms with Crippen LogP contribution in [0.2, 0.25) is 5.02 Å². The molecule has 0 amide bonds. The standard InChI is InChI=1S/C12H12ClN3O3/c1-7-3-4-11(19-7)8(2)15-12-10(16(17)18)5-9(13)6-14-12/h3-6,8H,1-2H3,(H,14,15). The van der Waals surface area contributed by atoms with Crippen molar-refractivity contribution in [2.45, 2.75) is 19.9 Å². The van der Waals surface area contributed by atoms with Crippen molar-refractivity contribution in [3.05, 3.63) is 51.1 Å². The van der Waals surface area contributed by atoms with E-state index in [0.29, 0.717) is 5.76 Å². The molecule has 2 heterocycles. The van der Waals surface area contributed by atoms with Gasteiger partial charge in [0.15, 0.2) is 0 Å². The van der Waals surface area contributed by atoms with Crippen molar-refractivity contribution >= 4 is 23.1 Å². The van der Waals surface area contributed by atoms with Gasteiger partial charge in [-0.25, -0.2) is 4.98 Å². The van der Waals surface area contributed by atoms with E-state index in [1.165, 1.54) is 12.3 Å². The summed E-state index contributed by atoms with van der Waals surface area (Å²) in [6.07, 6.45) is 1.36. The SMILES string of the molecule is Cc1ccc(C(C)Nc2ncc(Cl)cc2[N+](=O)[O-])o1. The minimum atomic E-state index is -0.526. The fourth-order valence-corrected chi connectivity index (χ4v) is 1.79. The van der Waals surface area contributed by atoms with Gasteiger partial charge in [0, 0.05) is 12.3 Å². The molecule has 100 valence electrons. The first-order chi connectivity index (χ1) is 8.97. The maximum atomic E-state index is 10.9. The van der Waals surface area contributed by atoms with Crippen molar-refractivity contribution < 1.29 is 9.34 Å². The summed E-state index contributed by atoms with van der Waals surface area (Å²) >= 11 is 5.70. The van der Waals surface area contributed by atoms with Gasteiger partial charge in [-0.1, -0.05) is 11.6 Å². The molecule has 1 unspecified atom stereocenters. The summed E-state index contributed by atoms with van der Waals surface area (Å²) in [7, 11) is 0. The number of rotatable bonds is 4. The first-order valence-corrected chi connectivity index (χ1v) is 5.98. The molecule has 0 saturated carbocycles. The Hall–Kier alpha value is -2.08. The molecule has 2 aromatic rings. The predicted octanol–water partition coefficient (Wildman–Crippen LogP) is 3.72. The maximum Gasteiger partial charge on any atom is 0.312 e. The number of pyridine rings is 1. The molecule has 0 aliphatic heterocycles. The minimum absolute atomic E-state index is 0.163. The third kappa shape index (κ3) is 3.03. The minimum Gasteiger partial charge on any atom is -0.464 e. The second-order valence-electron chi connectivity index (χ2n) is 4.09. The van der Waals surface area contributed by atoms with Gasteiger partial charge in [0.2, 0.25) is 5.82 Å². The lowest BCUT2D eigenvalue weighted by Gasteiger charge is -2.12. The van der Waals surface area contributed by atoms with Gasteiger partial charge in [-0.05, 0) is 26.0 Å². The second kappa shape index (κ2) is 5.27. The highest BCUT2D eigenvalue weighted by Gasteiger charge is 2.19. The number of aryl methyl sites for hydroxylation is 1. The van der Waals surface area contributed by atoms with Gasteiger partial charge >= 0.3 is 5.69 Å². The van der Waals surface area contributed by atoms with E-state index in [4.69, 9.17) is 16.0 Å². The zero-order chi connectivity index (χ0) is 14.0. The van der Waals surface area contributed by atoms with Crippen LogP contribution in [0.4, 0.5) is 11.5 Å². The Bertz CT molecular complexity index is 612. The monoisotopic (exact) mass is 281 g/mol. The molecule has 0 aliphatic carbocycles. The largest absolute Gasteiger partial charge is 0.464 e. The van der Waals surface area contributed by atoms with E-state index in [2.05, 4.69) is 10.3 Å². The Labute approximate surface area is 114 Å². The molecule has 2 rings (SSSR count). The van der Waals surface area contributed by atoms with Crippen molar-refractivity contribution in [1.82, 2.24) is 4.98 Å². The average molecular weight is 282 g/mol. The van der Waals surface area contributed by atoms with Crippen LogP contribution in [0, 0.1) is 17.0 Å². The predicted molar refractivity (Wildman–Crippen MR) is 71.4 cm³/mol. The first kappa shape index (κ1) is 13.4. The molecule has 0 radical (unpaired) electrons. The van der Waals surface area contributed by atoms with E-state index < -0.39 is 4.92 Å². The Balaban J connectivity index is 2.26. The molecule has 7 heteroatoms. The summed E-state index contributed by atoms with van der Waals surface area (Å²) in [5, 5.41) is 14.1. The lowest BCUT2D eigenvalue weighted by molar-refractivity contribution is -0.384. The Morgan fingerprint density at radius 3 is 2.84 bits per heavy atom. The van der Waals surface area contributed by atoms with Crippen molar-refractivity contribution in [3.8, 4) is 0 Å². The summed E-state index contributed by atoms with van der Waals surface area (Å²) in [5.41, 5.74) is -0.164. The highest BCUT2D eigenvalue weighted by atomic mass is 35.5. The fourth-order valence-electron chi connectivity index (χ4n) is 1.64. The highest BCUT2D eigenvalue weighted by molar-refractivity contribution is 6.30. The van der Waals surface area contributed by atoms with Crippen LogP contribution in [0.1, 0.15) is 24.5 Å². The Kier molecular flexibility index (Phi) is 3.71. The zero-order valence-electron chi connectivity index (χ0n) is 10.4. The van der Waals surface area contributed by atoms with E-state index in [9.17, 15) is 10.1 Å². The number of hydrogen-bond donors (Lipinski definition) is 1. The lowest BCUT2D eigenvalue weighted by atomic mass is 10.2. The normalized spacial score (nSPS) is 12.2. The Morgan fingerprint density at radius 1 is 1.53 bits per heavy atom. The van der Waals surface area contributed by atoms with Crippen LogP contribution in [0.3, 0.4) is 0 Å². The highest BCUT2D eigenvalue weighted by Crippen LogP contribution is 2.28. The zero-order valence-corrected chi connectivity index (χ0v) is 11.1. The molecule has 0 saturated heterocycles. The molecule has 1 atom stereocenters. The number of halogens is 1. The van der Waals surface area contributed by atoms with Crippen LogP contribution in [-0.4, -0.2) is 9.91 Å². The molecule has 0 aromatic carbocycles. The summed E-state index contributed by atoms with van der Waals surface area (Å²) in [4.78, 5) is 14.4. The summed E-state index contributed by atoms with van der Waals surface area (Å²) in [6, 6.07) is 4.67. The number of nitrogens with zero attached hydrogens (tertiary/aromatic N) is 2. The smallest absolute Gasteiger partial charge is 0.312 e. The van der Waals surface area contributed by atoms with Crippen LogP contribution in [-0.2, 0) is 0 Å². The van der Waals surface area contributed by atoms with Crippen LogP contribution in [0.5, 0.6) is 0 Å². The molecule has 0 bridgehead atoms. The van der Waals surface area contributed by atoms with Crippen LogP contribution in [0.15, 0.2) is 28.8 Å². The number of anilines is 1. The van der Waals surface area contributed by atoms with Gasteiger partial charge in [-0.2, -0.15) is 0 Å². The van der Waals surface area contributed by atoms with Crippen LogP contribution in [0.25, 0.3) is 0 Å². The maximum absolute atomic E-state index is 10.9. The lowest BCUT2D eigenvalue weighted by Crippen LogP contribution is -2.09. The number of nitro groups is 1. The third-order valence-corrected chi connectivity index (χ3v) is 2.78. The fraction of sp³-hybridized carbons (Fsp3) is 0.250. The van der Waals surface area contributed by atoms with Gasteiger partial charge in [0.25, 0.3) is 0 Å². The van der Waals surface area contributed by atoms with Crippen LogP contribution < -0.4 is 5.32 Å². The number of furan rings is 1. The van der Waals surface area contributed by atoms with Gasteiger partial charge in [-0.15, -0.1) is 0 Å². The second-order valence-corrected chi connectivity index (χ2v) is 4.53. The summed E-state index contributed by atoms with van der Waals surface area (Å²) < 4.78 is 5.46.